The third-order valence-corrected chi connectivity index (χ3v) is 3.95. The molecule has 1 atom stereocenters. The van der Waals surface area contributed by atoms with Crippen LogP contribution in [0.4, 0.5) is 5.69 Å². The minimum Gasteiger partial charge on any atom is -0.480 e. The SMILES string of the molecule is CC(C(=O)O)N(CC(=O)Nc1ccc(Cl)cc1Cl)C1CC1. The molecule has 0 spiro atoms. The van der Waals surface area contributed by atoms with E-state index < -0.39 is 12.0 Å². The van der Waals surface area contributed by atoms with E-state index >= 15 is 0 Å². The van der Waals surface area contributed by atoms with Crippen molar-refractivity contribution >= 4 is 40.8 Å². The van der Waals surface area contributed by atoms with E-state index in [1.165, 1.54) is 6.07 Å². The zero-order chi connectivity index (χ0) is 15.6. The molecule has 21 heavy (non-hydrogen) atoms. The summed E-state index contributed by atoms with van der Waals surface area (Å²) in [6.07, 6.45) is 1.85. The molecule has 1 saturated carbocycles. The standard InChI is InChI=1S/C14H16Cl2N2O3/c1-8(14(20)21)18(10-3-4-10)7-13(19)17-12-5-2-9(15)6-11(12)16/h2,5-6,8,10H,3-4,7H2,1H3,(H,17,19)(H,20,21). The van der Waals surface area contributed by atoms with E-state index in [2.05, 4.69) is 5.32 Å². The Morgan fingerprint density at radius 1 is 1.43 bits per heavy atom. The van der Waals surface area contributed by atoms with E-state index in [4.69, 9.17) is 28.3 Å². The number of aliphatic carboxylic acids is 1. The molecule has 1 amide bonds. The van der Waals surface area contributed by atoms with E-state index in [9.17, 15) is 9.59 Å². The predicted octanol–water partition coefficient (Wildman–Crippen LogP) is 2.87. The van der Waals surface area contributed by atoms with Gasteiger partial charge < -0.3 is 10.4 Å². The van der Waals surface area contributed by atoms with Crippen molar-refractivity contribution in [1.29, 1.82) is 0 Å². The molecule has 1 aliphatic rings. The van der Waals surface area contributed by atoms with Crippen molar-refractivity contribution in [3.05, 3.63) is 28.2 Å². The van der Waals surface area contributed by atoms with Crippen LogP contribution in [-0.2, 0) is 9.59 Å². The van der Waals surface area contributed by atoms with Crippen LogP contribution in [0.15, 0.2) is 18.2 Å². The Morgan fingerprint density at radius 2 is 2.10 bits per heavy atom. The molecule has 0 aliphatic heterocycles. The van der Waals surface area contributed by atoms with Crippen LogP contribution in [0.2, 0.25) is 10.0 Å². The quantitative estimate of drug-likeness (QED) is 0.841. The Balaban J connectivity index is 2.00. The molecule has 1 unspecified atom stereocenters. The van der Waals surface area contributed by atoms with Gasteiger partial charge in [-0.3, -0.25) is 14.5 Å². The molecule has 0 radical (unpaired) electrons. The fourth-order valence-corrected chi connectivity index (χ4v) is 2.53. The lowest BCUT2D eigenvalue weighted by Crippen LogP contribution is -2.44. The number of nitrogens with zero attached hydrogens (tertiary/aromatic N) is 1. The first-order valence-electron chi connectivity index (χ1n) is 6.62. The first-order valence-corrected chi connectivity index (χ1v) is 7.37. The zero-order valence-electron chi connectivity index (χ0n) is 11.5. The fraction of sp³-hybridized carbons (Fsp3) is 0.429. The fourth-order valence-electron chi connectivity index (χ4n) is 2.08. The maximum atomic E-state index is 12.1. The van der Waals surface area contributed by atoms with Gasteiger partial charge in [-0.25, -0.2) is 0 Å². The van der Waals surface area contributed by atoms with Crippen molar-refractivity contribution in [3.63, 3.8) is 0 Å². The van der Waals surface area contributed by atoms with Gasteiger partial charge in [-0.05, 0) is 38.0 Å². The van der Waals surface area contributed by atoms with Crippen molar-refractivity contribution in [2.45, 2.75) is 31.8 Å². The topological polar surface area (TPSA) is 69.6 Å². The van der Waals surface area contributed by atoms with Crippen molar-refractivity contribution in [3.8, 4) is 0 Å². The highest BCUT2D eigenvalue weighted by molar-refractivity contribution is 6.36. The van der Waals surface area contributed by atoms with Crippen molar-refractivity contribution in [2.75, 3.05) is 11.9 Å². The number of hydrogen-bond donors (Lipinski definition) is 2. The van der Waals surface area contributed by atoms with Crippen LogP contribution >= 0.6 is 23.2 Å². The Hall–Kier alpha value is -1.30. The number of carboxylic acids is 1. The molecule has 0 saturated heterocycles. The van der Waals surface area contributed by atoms with Gasteiger partial charge in [0.05, 0.1) is 17.3 Å². The van der Waals surface area contributed by atoms with Crippen molar-refractivity contribution < 1.29 is 14.7 Å². The number of hydrogen-bond acceptors (Lipinski definition) is 3. The molecular weight excluding hydrogens is 315 g/mol. The molecule has 0 bridgehead atoms. The van der Waals surface area contributed by atoms with Gasteiger partial charge in [0.25, 0.3) is 0 Å². The minimum absolute atomic E-state index is 0.0249. The number of halogens is 2. The van der Waals surface area contributed by atoms with Crippen molar-refractivity contribution in [2.24, 2.45) is 0 Å². The Labute approximate surface area is 132 Å². The second-order valence-electron chi connectivity index (χ2n) is 5.09. The van der Waals surface area contributed by atoms with E-state index in [1.807, 2.05) is 0 Å². The zero-order valence-corrected chi connectivity index (χ0v) is 13.0. The molecule has 1 fully saturated rings. The van der Waals surface area contributed by atoms with Crippen LogP contribution in [0.3, 0.4) is 0 Å². The maximum Gasteiger partial charge on any atom is 0.320 e. The van der Waals surface area contributed by atoms with E-state index in [0.717, 1.165) is 12.8 Å². The summed E-state index contributed by atoms with van der Waals surface area (Å²) in [6.45, 7) is 1.61. The Bertz CT molecular complexity index is 561. The van der Waals surface area contributed by atoms with Gasteiger partial charge in [0.1, 0.15) is 6.04 Å². The summed E-state index contributed by atoms with van der Waals surface area (Å²) in [5, 5.41) is 12.6. The summed E-state index contributed by atoms with van der Waals surface area (Å²) in [7, 11) is 0. The molecule has 0 aromatic heterocycles. The number of carbonyl (C=O) groups excluding carboxylic acids is 1. The molecule has 2 rings (SSSR count). The van der Waals surface area contributed by atoms with E-state index in [-0.39, 0.29) is 18.5 Å². The van der Waals surface area contributed by atoms with Gasteiger partial charge in [-0.15, -0.1) is 0 Å². The molecule has 1 aliphatic carbocycles. The molecule has 7 heteroatoms. The number of rotatable bonds is 6. The first kappa shape index (κ1) is 16.1. The molecule has 0 heterocycles. The first-order chi connectivity index (χ1) is 9.88. The maximum absolute atomic E-state index is 12.1. The summed E-state index contributed by atoms with van der Waals surface area (Å²) in [4.78, 5) is 24.9. The monoisotopic (exact) mass is 330 g/mol. The summed E-state index contributed by atoms with van der Waals surface area (Å²) >= 11 is 11.8. The average molecular weight is 331 g/mol. The van der Waals surface area contributed by atoms with Crippen molar-refractivity contribution in [1.82, 2.24) is 4.90 Å². The summed E-state index contributed by atoms with van der Waals surface area (Å²) in [5.74, 6) is -1.22. The summed E-state index contributed by atoms with van der Waals surface area (Å²) < 4.78 is 0. The minimum atomic E-state index is -0.931. The Kier molecular flexibility index (Phi) is 5.08. The third-order valence-electron chi connectivity index (χ3n) is 3.40. The van der Waals surface area contributed by atoms with Crippen LogP contribution in [0.5, 0.6) is 0 Å². The second-order valence-corrected chi connectivity index (χ2v) is 5.93. The highest BCUT2D eigenvalue weighted by Crippen LogP contribution is 2.29. The van der Waals surface area contributed by atoms with E-state index in [0.29, 0.717) is 15.7 Å². The van der Waals surface area contributed by atoms with Gasteiger partial charge in [0, 0.05) is 11.1 Å². The average Bonchev–Trinajstić information content (AvgIpc) is 3.23. The largest absolute Gasteiger partial charge is 0.480 e. The normalized spacial score (nSPS) is 15.8. The molecule has 5 nitrogen and oxygen atoms in total. The smallest absolute Gasteiger partial charge is 0.320 e. The lowest BCUT2D eigenvalue weighted by atomic mass is 10.2. The second kappa shape index (κ2) is 6.64. The van der Waals surface area contributed by atoms with Gasteiger partial charge in [-0.1, -0.05) is 23.2 Å². The highest BCUT2D eigenvalue weighted by Gasteiger charge is 2.36. The number of carboxylic acid groups (broad SMARTS) is 1. The van der Waals surface area contributed by atoms with Crippen LogP contribution in [0.1, 0.15) is 19.8 Å². The molecule has 1 aromatic rings. The molecular formula is C14H16Cl2N2O3. The summed E-state index contributed by atoms with van der Waals surface area (Å²) in [6, 6.07) is 4.26. The van der Waals surface area contributed by atoms with Crippen LogP contribution < -0.4 is 5.32 Å². The summed E-state index contributed by atoms with van der Waals surface area (Å²) in [5.41, 5.74) is 0.463. The van der Waals surface area contributed by atoms with Crippen LogP contribution in [0, 0.1) is 0 Å². The van der Waals surface area contributed by atoms with Crippen LogP contribution in [-0.4, -0.2) is 40.5 Å². The number of amides is 1. The molecule has 114 valence electrons. The highest BCUT2D eigenvalue weighted by atomic mass is 35.5. The number of carbonyl (C=O) groups is 2. The number of nitrogens with one attached hydrogen (secondary N) is 1. The Morgan fingerprint density at radius 3 is 2.62 bits per heavy atom. The number of anilines is 1. The third kappa shape index (κ3) is 4.33. The van der Waals surface area contributed by atoms with Gasteiger partial charge >= 0.3 is 5.97 Å². The van der Waals surface area contributed by atoms with Crippen LogP contribution in [0.25, 0.3) is 0 Å². The predicted molar refractivity (Wildman–Crippen MR) is 81.9 cm³/mol. The lowest BCUT2D eigenvalue weighted by molar-refractivity contribution is -0.143. The lowest BCUT2D eigenvalue weighted by Gasteiger charge is -2.25. The van der Waals surface area contributed by atoms with Gasteiger partial charge in [0.15, 0.2) is 0 Å². The molecule has 1 aromatic carbocycles. The number of benzene rings is 1. The van der Waals surface area contributed by atoms with Gasteiger partial charge in [0.2, 0.25) is 5.91 Å². The van der Waals surface area contributed by atoms with E-state index in [1.54, 1.807) is 24.0 Å². The molecule has 2 N–H and O–H groups in total. The van der Waals surface area contributed by atoms with Gasteiger partial charge in [-0.2, -0.15) is 0 Å².